The predicted molar refractivity (Wildman–Crippen MR) is 133 cm³/mol. The highest BCUT2D eigenvalue weighted by Gasteiger charge is 2.42. The summed E-state index contributed by atoms with van der Waals surface area (Å²) in [5.41, 5.74) is 3.94. The largest absolute Gasteiger partial charge is 0.496 e. The number of nitrogens with zero attached hydrogens (tertiary/aromatic N) is 2. The first-order valence-electron chi connectivity index (χ1n) is 12.1. The number of benzene rings is 3. The highest BCUT2D eigenvalue weighted by atomic mass is 16.5. The summed E-state index contributed by atoms with van der Waals surface area (Å²) in [6.45, 7) is 4.14. The lowest BCUT2D eigenvalue weighted by Gasteiger charge is -2.47. The Morgan fingerprint density at radius 1 is 0.788 bits per heavy atom. The fourth-order valence-corrected chi connectivity index (χ4v) is 5.92. The maximum Gasteiger partial charge on any atom is 0.127 e. The van der Waals surface area contributed by atoms with E-state index in [4.69, 9.17) is 9.47 Å². The summed E-state index contributed by atoms with van der Waals surface area (Å²) in [5.74, 6) is 2.15. The van der Waals surface area contributed by atoms with Gasteiger partial charge in [-0.1, -0.05) is 66.7 Å². The number of hydrogen-bond acceptors (Lipinski definition) is 4. The molecule has 2 aliphatic heterocycles. The molecule has 0 aromatic heterocycles. The Balaban J connectivity index is 1.50. The predicted octanol–water partition coefficient (Wildman–Crippen LogP) is 5.18. The molecule has 0 amide bonds. The van der Waals surface area contributed by atoms with Gasteiger partial charge < -0.3 is 9.47 Å². The van der Waals surface area contributed by atoms with E-state index in [1.807, 2.05) is 18.2 Å². The molecule has 2 atom stereocenters. The van der Waals surface area contributed by atoms with Crippen molar-refractivity contribution in [2.45, 2.75) is 37.4 Å². The Morgan fingerprint density at radius 3 is 1.97 bits per heavy atom. The van der Waals surface area contributed by atoms with Gasteiger partial charge in [0, 0.05) is 37.6 Å². The Morgan fingerprint density at radius 2 is 1.39 bits per heavy atom. The van der Waals surface area contributed by atoms with Crippen LogP contribution in [0, 0.1) is 0 Å². The Hall–Kier alpha value is -2.82. The first-order chi connectivity index (χ1) is 16.3. The third-order valence-corrected chi connectivity index (χ3v) is 7.38. The van der Waals surface area contributed by atoms with Crippen LogP contribution in [0.4, 0.5) is 0 Å². The fourth-order valence-electron chi connectivity index (χ4n) is 5.92. The molecular formula is C29H34N2O2. The molecule has 172 valence electrons. The van der Waals surface area contributed by atoms with E-state index in [1.54, 1.807) is 14.2 Å². The third-order valence-electron chi connectivity index (χ3n) is 7.38. The van der Waals surface area contributed by atoms with Crippen molar-refractivity contribution in [1.82, 2.24) is 9.80 Å². The zero-order valence-corrected chi connectivity index (χ0v) is 19.7. The number of rotatable bonds is 7. The van der Waals surface area contributed by atoms with Gasteiger partial charge in [0.15, 0.2) is 0 Å². The van der Waals surface area contributed by atoms with Crippen LogP contribution in [-0.2, 0) is 6.54 Å². The van der Waals surface area contributed by atoms with Crippen LogP contribution in [0.15, 0.2) is 78.9 Å². The summed E-state index contributed by atoms with van der Waals surface area (Å²) in [6, 6.07) is 29.2. The van der Waals surface area contributed by atoms with Crippen molar-refractivity contribution in [2.24, 2.45) is 0 Å². The van der Waals surface area contributed by atoms with Crippen molar-refractivity contribution in [3.05, 3.63) is 95.6 Å². The second-order valence-corrected chi connectivity index (χ2v) is 9.24. The molecule has 0 radical (unpaired) electrons. The Labute approximate surface area is 197 Å². The fraction of sp³-hybridized carbons (Fsp3) is 0.379. The summed E-state index contributed by atoms with van der Waals surface area (Å²) in [7, 11) is 3.49. The van der Waals surface area contributed by atoms with Gasteiger partial charge in [-0.25, -0.2) is 0 Å². The summed E-state index contributed by atoms with van der Waals surface area (Å²) >= 11 is 0. The molecule has 2 heterocycles. The van der Waals surface area contributed by atoms with Gasteiger partial charge in [0.25, 0.3) is 0 Å². The lowest BCUT2D eigenvalue weighted by molar-refractivity contribution is 0.0377. The van der Waals surface area contributed by atoms with Crippen LogP contribution in [0.3, 0.4) is 0 Å². The summed E-state index contributed by atoms with van der Waals surface area (Å²) in [4.78, 5) is 5.41. The van der Waals surface area contributed by atoms with Gasteiger partial charge >= 0.3 is 0 Å². The summed E-state index contributed by atoms with van der Waals surface area (Å²) < 4.78 is 11.4. The zero-order valence-electron chi connectivity index (χ0n) is 19.7. The van der Waals surface area contributed by atoms with Crippen LogP contribution in [-0.4, -0.2) is 55.7 Å². The highest BCUT2D eigenvalue weighted by Crippen LogP contribution is 2.39. The standard InChI is InChI=1S/C29H34N2O2/c1-32-27-16-9-17-28(33-2)25(27)20-30-19-24-15-10-18-31(24)26(21-30)29(22-11-5-3-6-12-22)23-13-7-4-8-14-23/h3-9,11-14,16-17,24,26,29H,10,15,18-21H2,1-2H3/t24-,26-/m0/s1. The molecule has 4 heteroatoms. The quantitative estimate of drug-likeness (QED) is 0.503. The lowest BCUT2D eigenvalue weighted by atomic mass is 9.82. The lowest BCUT2D eigenvalue weighted by Crippen LogP contribution is -2.57. The van der Waals surface area contributed by atoms with Crippen molar-refractivity contribution in [3.63, 3.8) is 0 Å². The molecule has 0 bridgehead atoms. The van der Waals surface area contributed by atoms with E-state index in [0.717, 1.165) is 36.7 Å². The van der Waals surface area contributed by atoms with Gasteiger partial charge in [-0.05, 0) is 42.6 Å². The molecule has 2 fully saturated rings. The molecule has 3 aromatic rings. The number of piperazine rings is 1. The number of methoxy groups -OCH3 is 2. The third kappa shape index (κ3) is 4.50. The second-order valence-electron chi connectivity index (χ2n) is 9.24. The van der Waals surface area contributed by atoms with Crippen molar-refractivity contribution >= 4 is 0 Å². The minimum Gasteiger partial charge on any atom is -0.496 e. The molecule has 0 spiro atoms. The minimum absolute atomic E-state index is 0.343. The smallest absolute Gasteiger partial charge is 0.127 e. The van der Waals surface area contributed by atoms with E-state index in [0.29, 0.717) is 18.0 Å². The molecule has 5 rings (SSSR count). The molecule has 33 heavy (non-hydrogen) atoms. The molecule has 0 N–H and O–H groups in total. The van der Waals surface area contributed by atoms with Crippen molar-refractivity contribution in [1.29, 1.82) is 0 Å². The van der Waals surface area contributed by atoms with Crippen molar-refractivity contribution < 1.29 is 9.47 Å². The molecular weight excluding hydrogens is 408 g/mol. The van der Waals surface area contributed by atoms with Gasteiger partial charge in [-0.3, -0.25) is 9.80 Å². The van der Waals surface area contributed by atoms with Crippen molar-refractivity contribution in [3.8, 4) is 11.5 Å². The second kappa shape index (κ2) is 9.98. The molecule has 2 aliphatic rings. The Bertz CT molecular complexity index is 978. The number of hydrogen-bond donors (Lipinski definition) is 0. The molecule has 0 aliphatic carbocycles. The maximum atomic E-state index is 5.71. The average Bonchev–Trinajstić information content (AvgIpc) is 3.34. The van der Waals surface area contributed by atoms with Crippen LogP contribution >= 0.6 is 0 Å². The van der Waals surface area contributed by atoms with E-state index < -0.39 is 0 Å². The maximum absolute atomic E-state index is 5.71. The Kier molecular flexibility index (Phi) is 6.65. The van der Waals surface area contributed by atoms with Crippen molar-refractivity contribution in [2.75, 3.05) is 33.9 Å². The van der Waals surface area contributed by atoms with Crippen LogP contribution in [0.2, 0.25) is 0 Å². The molecule has 0 saturated carbocycles. The monoisotopic (exact) mass is 442 g/mol. The SMILES string of the molecule is COc1cccc(OC)c1CN1C[C@@H]2CCCN2[C@H](C(c2ccccc2)c2ccccc2)C1. The van der Waals surface area contributed by atoms with Gasteiger partial charge in [0.1, 0.15) is 11.5 Å². The molecule has 0 unspecified atom stereocenters. The van der Waals surface area contributed by atoms with E-state index in [1.165, 1.54) is 30.5 Å². The normalized spacial score (nSPS) is 21.2. The highest BCUT2D eigenvalue weighted by molar-refractivity contribution is 5.45. The van der Waals surface area contributed by atoms with Crippen LogP contribution < -0.4 is 9.47 Å². The van der Waals surface area contributed by atoms with Gasteiger partial charge in [0.2, 0.25) is 0 Å². The number of fused-ring (bicyclic) bond motifs is 1. The minimum atomic E-state index is 0.343. The molecule has 2 saturated heterocycles. The van der Waals surface area contributed by atoms with Crippen LogP contribution in [0.5, 0.6) is 11.5 Å². The van der Waals surface area contributed by atoms with E-state index >= 15 is 0 Å². The molecule has 3 aromatic carbocycles. The summed E-state index contributed by atoms with van der Waals surface area (Å²) in [5, 5.41) is 0. The first kappa shape index (κ1) is 22.0. The van der Waals surface area contributed by atoms with Crippen LogP contribution in [0.25, 0.3) is 0 Å². The van der Waals surface area contributed by atoms with E-state index in [-0.39, 0.29) is 0 Å². The van der Waals surface area contributed by atoms with Gasteiger partial charge in [-0.2, -0.15) is 0 Å². The zero-order chi connectivity index (χ0) is 22.6. The first-order valence-corrected chi connectivity index (χ1v) is 12.1. The summed E-state index contributed by atoms with van der Waals surface area (Å²) in [6.07, 6.45) is 2.55. The van der Waals surface area contributed by atoms with E-state index in [2.05, 4.69) is 70.5 Å². The van der Waals surface area contributed by atoms with E-state index in [9.17, 15) is 0 Å². The molecule has 4 nitrogen and oxygen atoms in total. The van der Waals surface area contributed by atoms with Gasteiger partial charge in [0.05, 0.1) is 19.8 Å². The topological polar surface area (TPSA) is 24.9 Å². The van der Waals surface area contributed by atoms with Gasteiger partial charge in [-0.15, -0.1) is 0 Å². The average molecular weight is 443 g/mol. The van der Waals surface area contributed by atoms with Crippen LogP contribution in [0.1, 0.15) is 35.4 Å². The number of ether oxygens (including phenoxy) is 2.